The molecule has 178 valence electrons. The van der Waals surface area contributed by atoms with Crippen LogP contribution in [0.1, 0.15) is 29.9 Å². The second-order valence-electron chi connectivity index (χ2n) is 9.26. The molecule has 1 aliphatic carbocycles. The fraction of sp³-hybridized carbons (Fsp3) is 0.423. The molecule has 0 saturated carbocycles. The second-order valence-corrected chi connectivity index (χ2v) is 9.26. The maximum Gasteiger partial charge on any atom is 0.407 e. The molecule has 2 aromatic rings. The minimum Gasteiger partial charge on any atom is -0.481 e. The number of hydrogen-bond acceptors (Lipinski definition) is 5. The Morgan fingerprint density at radius 1 is 1.09 bits per heavy atom. The topological polar surface area (TPSA) is 105 Å². The minimum absolute atomic E-state index is 0.0258. The number of aliphatic carboxylic acids is 1. The molecule has 2 amide bonds. The van der Waals surface area contributed by atoms with E-state index in [1.807, 2.05) is 24.3 Å². The average molecular weight is 465 g/mol. The molecule has 2 unspecified atom stereocenters. The van der Waals surface area contributed by atoms with E-state index in [1.165, 1.54) is 0 Å². The predicted molar refractivity (Wildman–Crippen MR) is 123 cm³/mol. The van der Waals surface area contributed by atoms with Crippen LogP contribution in [0.3, 0.4) is 0 Å². The Hall–Kier alpha value is -3.39. The van der Waals surface area contributed by atoms with Gasteiger partial charge < -0.3 is 24.8 Å². The monoisotopic (exact) mass is 464 g/mol. The van der Waals surface area contributed by atoms with Crippen LogP contribution in [-0.4, -0.2) is 67.4 Å². The van der Waals surface area contributed by atoms with Gasteiger partial charge in [0.05, 0.1) is 12.0 Å². The molecular weight excluding hydrogens is 436 g/mol. The zero-order valence-electron chi connectivity index (χ0n) is 18.9. The van der Waals surface area contributed by atoms with Crippen LogP contribution in [0.5, 0.6) is 0 Å². The summed E-state index contributed by atoms with van der Waals surface area (Å²) in [6.07, 6.45) is -0.0671. The van der Waals surface area contributed by atoms with E-state index in [9.17, 15) is 19.5 Å². The number of rotatable bonds is 6. The molecule has 0 bridgehead atoms. The van der Waals surface area contributed by atoms with Crippen molar-refractivity contribution in [2.45, 2.75) is 18.8 Å². The maximum absolute atomic E-state index is 12.7. The standard InChI is InChI=1S/C26H28N2O6/c29-23(28-13-17-14-33-12-10-26(17,16-28)24(30)31)9-11-27-25(32)34-15-22-20-7-3-1-5-18(20)19-6-2-4-8-21(19)22/h1-8,17,22H,9-16H2,(H,27,32)(H,30,31). The van der Waals surface area contributed by atoms with Crippen LogP contribution in [0.2, 0.25) is 0 Å². The van der Waals surface area contributed by atoms with Gasteiger partial charge in [0.25, 0.3) is 0 Å². The molecule has 8 nitrogen and oxygen atoms in total. The van der Waals surface area contributed by atoms with Gasteiger partial charge in [0, 0.05) is 44.5 Å². The molecule has 3 aliphatic rings. The van der Waals surface area contributed by atoms with Gasteiger partial charge in [-0.1, -0.05) is 48.5 Å². The zero-order valence-corrected chi connectivity index (χ0v) is 18.9. The first kappa shape index (κ1) is 22.4. The number of likely N-dealkylation sites (tertiary alicyclic amines) is 1. The van der Waals surface area contributed by atoms with Crippen molar-refractivity contribution < 1.29 is 29.0 Å². The van der Waals surface area contributed by atoms with Crippen molar-refractivity contribution in [1.29, 1.82) is 0 Å². The van der Waals surface area contributed by atoms with Gasteiger partial charge in [-0.25, -0.2) is 4.79 Å². The zero-order chi connectivity index (χ0) is 23.7. The first-order chi connectivity index (χ1) is 16.5. The molecule has 34 heavy (non-hydrogen) atoms. The van der Waals surface area contributed by atoms with Crippen LogP contribution < -0.4 is 5.32 Å². The van der Waals surface area contributed by atoms with Crippen molar-refractivity contribution in [3.8, 4) is 11.1 Å². The molecule has 2 fully saturated rings. The lowest BCUT2D eigenvalue weighted by Gasteiger charge is -2.33. The number of carbonyl (C=O) groups is 3. The van der Waals surface area contributed by atoms with Crippen LogP contribution in [0.4, 0.5) is 4.79 Å². The number of nitrogens with one attached hydrogen (secondary N) is 1. The molecule has 2 N–H and O–H groups in total. The van der Waals surface area contributed by atoms with Gasteiger partial charge in [-0.3, -0.25) is 9.59 Å². The van der Waals surface area contributed by atoms with Crippen molar-refractivity contribution >= 4 is 18.0 Å². The average Bonchev–Trinajstić information content (AvgIpc) is 3.40. The van der Waals surface area contributed by atoms with E-state index in [4.69, 9.17) is 9.47 Å². The number of hydrogen-bond donors (Lipinski definition) is 2. The largest absolute Gasteiger partial charge is 0.481 e. The number of carbonyl (C=O) groups excluding carboxylic acids is 2. The SMILES string of the molecule is O=C(NCCC(=O)N1CC2COCCC2(C(=O)O)C1)OCC1c2ccccc2-c2ccccc21. The molecule has 0 aromatic heterocycles. The van der Waals surface area contributed by atoms with Crippen molar-refractivity contribution in [3.63, 3.8) is 0 Å². The molecule has 5 rings (SSSR count). The molecule has 2 atom stereocenters. The molecule has 2 aromatic carbocycles. The summed E-state index contributed by atoms with van der Waals surface area (Å²) < 4.78 is 10.9. The Kier molecular flexibility index (Phi) is 6.00. The van der Waals surface area contributed by atoms with Crippen LogP contribution in [0, 0.1) is 11.3 Å². The third-order valence-corrected chi connectivity index (χ3v) is 7.44. The summed E-state index contributed by atoms with van der Waals surface area (Å²) >= 11 is 0. The van der Waals surface area contributed by atoms with E-state index in [1.54, 1.807) is 4.90 Å². The van der Waals surface area contributed by atoms with Crippen LogP contribution >= 0.6 is 0 Å². The van der Waals surface area contributed by atoms with Crippen LogP contribution in [0.25, 0.3) is 11.1 Å². The Labute approximate surface area is 197 Å². The number of benzene rings is 2. The number of carboxylic acid groups (broad SMARTS) is 1. The number of nitrogens with zero attached hydrogens (tertiary/aromatic N) is 1. The number of amides is 2. The summed E-state index contributed by atoms with van der Waals surface area (Å²) in [4.78, 5) is 38.5. The highest BCUT2D eigenvalue weighted by Gasteiger charge is 2.54. The fourth-order valence-electron chi connectivity index (χ4n) is 5.57. The number of alkyl carbamates (subject to hydrolysis) is 1. The highest BCUT2D eigenvalue weighted by Crippen LogP contribution is 2.45. The lowest BCUT2D eigenvalue weighted by atomic mass is 9.74. The smallest absolute Gasteiger partial charge is 0.407 e. The Morgan fingerprint density at radius 3 is 2.41 bits per heavy atom. The second kappa shape index (κ2) is 9.10. The van der Waals surface area contributed by atoms with Gasteiger partial charge in [-0.15, -0.1) is 0 Å². The van der Waals surface area contributed by atoms with Crippen LogP contribution in [0.15, 0.2) is 48.5 Å². The third-order valence-electron chi connectivity index (χ3n) is 7.44. The van der Waals surface area contributed by atoms with E-state index in [0.717, 1.165) is 22.3 Å². The maximum atomic E-state index is 12.7. The van der Waals surface area contributed by atoms with Crippen LogP contribution in [-0.2, 0) is 19.1 Å². The van der Waals surface area contributed by atoms with Gasteiger partial charge in [0.1, 0.15) is 6.61 Å². The summed E-state index contributed by atoms with van der Waals surface area (Å²) in [6.45, 7) is 1.66. The van der Waals surface area contributed by atoms with Gasteiger partial charge in [0.15, 0.2) is 0 Å². The Morgan fingerprint density at radius 2 is 1.76 bits per heavy atom. The lowest BCUT2D eigenvalue weighted by Crippen LogP contribution is -2.45. The van der Waals surface area contributed by atoms with E-state index in [0.29, 0.717) is 26.2 Å². The van der Waals surface area contributed by atoms with E-state index in [-0.39, 0.29) is 43.9 Å². The molecule has 2 saturated heterocycles. The molecule has 0 radical (unpaired) electrons. The highest BCUT2D eigenvalue weighted by molar-refractivity contribution is 5.82. The summed E-state index contributed by atoms with van der Waals surface area (Å²) in [7, 11) is 0. The van der Waals surface area contributed by atoms with Gasteiger partial charge in [0.2, 0.25) is 5.91 Å². The molecular formula is C26H28N2O6. The molecule has 2 aliphatic heterocycles. The first-order valence-corrected chi connectivity index (χ1v) is 11.7. The Bertz CT molecular complexity index is 1070. The fourth-order valence-corrected chi connectivity index (χ4v) is 5.57. The summed E-state index contributed by atoms with van der Waals surface area (Å²) in [5.41, 5.74) is 3.67. The minimum atomic E-state index is -0.922. The van der Waals surface area contributed by atoms with E-state index >= 15 is 0 Å². The normalized spacial score (nSPS) is 23.1. The van der Waals surface area contributed by atoms with E-state index in [2.05, 4.69) is 29.6 Å². The van der Waals surface area contributed by atoms with Crippen molar-refractivity contribution in [1.82, 2.24) is 10.2 Å². The summed E-state index contributed by atoms with van der Waals surface area (Å²) in [5.74, 6) is -1.26. The highest BCUT2D eigenvalue weighted by atomic mass is 16.5. The number of fused-ring (bicyclic) bond motifs is 4. The lowest BCUT2D eigenvalue weighted by molar-refractivity contribution is -0.157. The number of carboxylic acids is 1. The number of ether oxygens (including phenoxy) is 2. The van der Waals surface area contributed by atoms with Gasteiger partial charge >= 0.3 is 12.1 Å². The molecule has 8 heteroatoms. The van der Waals surface area contributed by atoms with Crippen molar-refractivity contribution in [3.05, 3.63) is 59.7 Å². The summed E-state index contributed by atoms with van der Waals surface area (Å²) in [6, 6.07) is 16.2. The van der Waals surface area contributed by atoms with E-state index < -0.39 is 17.5 Å². The summed E-state index contributed by atoms with van der Waals surface area (Å²) in [5, 5.41) is 12.4. The van der Waals surface area contributed by atoms with Gasteiger partial charge in [-0.2, -0.15) is 0 Å². The Balaban J connectivity index is 1.12. The molecule has 2 heterocycles. The third kappa shape index (κ3) is 3.92. The van der Waals surface area contributed by atoms with Gasteiger partial charge in [-0.05, 0) is 28.7 Å². The van der Waals surface area contributed by atoms with Crippen molar-refractivity contribution in [2.75, 3.05) is 39.5 Å². The quantitative estimate of drug-likeness (QED) is 0.681. The predicted octanol–water partition coefficient (Wildman–Crippen LogP) is 2.86. The van der Waals surface area contributed by atoms with Crippen molar-refractivity contribution in [2.24, 2.45) is 11.3 Å². The first-order valence-electron chi connectivity index (χ1n) is 11.7. The molecule has 0 spiro atoms.